The maximum atomic E-state index is 12.2. The number of ether oxygens (including phenoxy) is 1. The number of nitrogens with zero attached hydrogens (tertiary/aromatic N) is 4. The average molecular weight is 283 g/mol. The Bertz CT molecular complexity index is 347. The summed E-state index contributed by atoms with van der Waals surface area (Å²) in [6.07, 6.45) is 2.60. The molecule has 0 spiro atoms. The van der Waals surface area contributed by atoms with E-state index < -0.39 is 5.54 Å². The molecule has 0 bridgehead atoms. The molecule has 1 aliphatic heterocycles. The highest BCUT2D eigenvalue weighted by atomic mass is 16.5. The largest absolute Gasteiger partial charge is 0.465 e. The van der Waals surface area contributed by atoms with Crippen LogP contribution in [-0.4, -0.2) is 55.7 Å². The Kier molecular flexibility index (Phi) is 7.36. The Balaban J connectivity index is 2.61. The molecule has 0 unspecified atom stereocenters. The van der Waals surface area contributed by atoms with E-state index in [9.17, 15) is 4.79 Å². The Morgan fingerprint density at radius 1 is 1.45 bits per heavy atom. The maximum Gasteiger partial charge on any atom is 0.326 e. The first-order valence-electron chi connectivity index (χ1n) is 7.34. The minimum atomic E-state index is -0.620. The monoisotopic (exact) mass is 283 g/mol. The van der Waals surface area contributed by atoms with Crippen molar-refractivity contribution < 1.29 is 9.53 Å². The van der Waals surface area contributed by atoms with Gasteiger partial charge in [-0.25, -0.2) is 0 Å². The van der Waals surface area contributed by atoms with Crippen molar-refractivity contribution in [1.82, 2.24) is 10.2 Å². The molecule has 7 heteroatoms. The molecule has 7 nitrogen and oxygen atoms in total. The molecule has 114 valence electrons. The van der Waals surface area contributed by atoms with Crippen LogP contribution in [0.4, 0.5) is 0 Å². The van der Waals surface area contributed by atoms with Gasteiger partial charge in [-0.15, -0.1) is 0 Å². The average Bonchev–Trinajstić information content (AvgIpc) is 2.46. The van der Waals surface area contributed by atoms with Gasteiger partial charge >= 0.3 is 5.97 Å². The third kappa shape index (κ3) is 4.67. The fraction of sp³-hybridized carbons (Fsp3) is 0.923. The van der Waals surface area contributed by atoms with Crippen LogP contribution in [0.3, 0.4) is 0 Å². The number of carbonyl (C=O) groups is 1. The fourth-order valence-electron chi connectivity index (χ4n) is 2.59. The summed E-state index contributed by atoms with van der Waals surface area (Å²) >= 11 is 0. The smallest absolute Gasteiger partial charge is 0.326 e. The normalized spacial score (nSPS) is 18.3. The molecule has 20 heavy (non-hydrogen) atoms. The van der Waals surface area contributed by atoms with E-state index in [0.29, 0.717) is 19.7 Å². The van der Waals surface area contributed by atoms with Crippen LogP contribution in [0.2, 0.25) is 0 Å². The molecule has 1 fully saturated rings. The van der Waals surface area contributed by atoms with Crippen molar-refractivity contribution in [1.29, 1.82) is 0 Å². The number of nitrogens with one attached hydrogen (secondary N) is 1. The summed E-state index contributed by atoms with van der Waals surface area (Å²) in [6, 6.07) is 0. The van der Waals surface area contributed by atoms with Crippen LogP contribution in [-0.2, 0) is 9.53 Å². The van der Waals surface area contributed by atoms with E-state index in [0.717, 1.165) is 38.9 Å². The van der Waals surface area contributed by atoms with Crippen LogP contribution in [0.25, 0.3) is 10.4 Å². The highest BCUT2D eigenvalue weighted by molar-refractivity contribution is 5.81. The fourth-order valence-corrected chi connectivity index (χ4v) is 2.59. The Morgan fingerprint density at radius 3 is 2.70 bits per heavy atom. The van der Waals surface area contributed by atoms with Gasteiger partial charge in [0, 0.05) is 31.1 Å². The summed E-state index contributed by atoms with van der Waals surface area (Å²) in [5.41, 5.74) is 7.67. The van der Waals surface area contributed by atoms with E-state index in [1.807, 2.05) is 6.92 Å². The zero-order valence-electron chi connectivity index (χ0n) is 12.5. The summed E-state index contributed by atoms with van der Waals surface area (Å²) in [5, 5.41) is 6.74. The van der Waals surface area contributed by atoms with Crippen molar-refractivity contribution in [2.75, 3.05) is 39.3 Å². The van der Waals surface area contributed by atoms with Gasteiger partial charge in [0.15, 0.2) is 0 Å². The van der Waals surface area contributed by atoms with Crippen molar-refractivity contribution in [2.45, 2.75) is 38.6 Å². The SMILES string of the molecule is CCCN1CCC(NCCN=[N+]=[N-])(C(=O)OCC)CC1. The molecule has 1 N–H and O–H groups in total. The second-order valence-electron chi connectivity index (χ2n) is 5.03. The summed E-state index contributed by atoms with van der Waals surface area (Å²) in [4.78, 5) is 17.3. The molecule has 0 saturated carbocycles. The van der Waals surface area contributed by atoms with Gasteiger partial charge in [0.1, 0.15) is 5.54 Å². The van der Waals surface area contributed by atoms with Crippen LogP contribution in [0.1, 0.15) is 33.1 Å². The number of hydrogen-bond donors (Lipinski definition) is 1. The Morgan fingerprint density at radius 2 is 2.15 bits per heavy atom. The van der Waals surface area contributed by atoms with Gasteiger partial charge < -0.3 is 15.0 Å². The van der Waals surface area contributed by atoms with E-state index in [-0.39, 0.29) is 5.97 Å². The van der Waals surface area contributed by atoms with Crippen molar-refractivity contribution in [3.05, 3.63) is 10.4 Å². The standard InChI is InChI=1S/C13H25N5O2/c1-3-9-18-10-5-13(6-11-18,12(19)20-4-2)15-7-8-16-17-14/h15H,3-11H2,1-2H3. The number of piperidine rings is 1. The summed E-state index contributed by atoms with van der Waals surface area (Å²) < 4.78 is 5.21. The number of rotatable bonds is 8. The topological polar surface area (TPSA) is 90.3 Å². The van der Waals surface area contributed by atoms with Crippen LogP contribution in [0.5, 0.6) is 0 Å². The lowest BCUT2D eigenvalue weighted by Gasteiger charge is -2.40. The first-order chi connectivity index (χ1) is 9.68. The minimum absolute atomic E-state index is 0.183. The van der Waals surface area contributed by atoms with E-state index in [4.69, 9.17) is 10.3 Å². The third-order valence-corrected chi connectivity index (χ3v) is 3.65. The zero-order valence-corrected chi connectivity index (χ0v) is 12.5. The van der Waals surface area contributed by atoms with Crippen molar-refractivity contribution >= 4 is 5.97 Å². The lowest BCUT2D eigenvalue weighted by atomic mass is 9.87. The molecule has 0 aromatic carbocycles. The lowest BCUT2D eigenvalue weighted by Crippen LogP contribution is -2.59. The van der Waals surface area contributed by atoms with Crippen molar-refractivity contribution in [2.24, 2.45) is 5.11 Å². The molecular weight excluding hydrogens is 258 g/mol. The first-order valence-corrected chi connectivity index (χ1v) is 7.34. The molecular formula is C13H25N5O2. The molecule has 1 aliphatic rings. The Labute approximate surface area is 120 Å². The van der Waals surface area contributed by atoms with Gasteiger partial charge in [-0.2, -0.15) is 0 Å². The molecule has 0 aliphatic carbocycles. The van der Waals surface area contributed by atoms with Crippen LogP contribution >= 0.6 is 0 Å². The molecule has 0 aromatic heterocycles. The number of carbonyl (C=O) groups excluding carboxylic acids is 1. The molecule has 1 heterocycles. The summed E-state index contributed by atoms with van der Waals surface area (Å²) in [7, 11) is 0. The second kappa shape index (κ2) is 8.79. The van der Waals surface area contributed by atoms with Gasteiger partial charge in [0.2, 0.25) is 0 Å². The van der Waals surface area contributed by atoms with Gasteiger partial charge in [-0.3, -0.25) is 4.79 Å². The Hall–Kier alpha value is -1.30. The molecule has 1 rings (SSSR count). The van der Waals surface area contributed by atoms with Crippen molar-refractivity contribution in [3.63, 3.8) is 0 Å². The highest BCUT2D eigenvalue weighted by Crippen LogP contribution is 2.24. The number of esters is 1. The number of azide groups is 1. The van der Waals surface area contributed by atoms with Gasteiger partial charge in [-0.05, 0) is 38.3 Å². The van der Waals surface area contributed by atoms with Crippen molar-refractivity contribution in [3.8, 4) is 0 Å². The van der Waals surface area contributed by atoms with E-state index in [2.05, 4.69) is 27.2 Å². The predicted octanol–water partition coefficient (Wildman–Crippen LogP) is 1.69. The quantitative estimate of drug-likeness (QED) is 0.241. The van der Waals surface area contributed by atoms with Gasteiger partial charge in [-0.1, -0.05) is 12.0 Å². The minimum Gasteiger partial charge on any atom is -0.465 e. The molecule has 0 aromatic rings. The van der Waals surface area contributed by atoms with E-state index in [1.165, 1.54) is 0 Å². The van der Waals surface area contributed by atoms with Crippen LogP contribution in [0, 0.1) is 0 Å². The highest BCUT2D eigenvalue weighted by Gasteiger charge is 2.41. The van der Waals surface area contributed by atoms with Crippen LogP contribution < -0.4 is 5.32 Å². The number of likely N-dealkylation sites (tertiary alicyclic amines) is 1. The molecule has 1 saturated heterocycles. The van der Waals surface area contributed by atoms with E-state index >= 15 is 0 Å². The first kappa shape index (κ1) is 16.8. The summed E-state index contributed by atoms with van der Waals surface area (Å²) in [5.74, 6) is -0.183. The number of hydrogen-bond acceptors (Lipinski definition) is 5. The maximum absolute atomic E-state index is 12.2. The summed E-state index contributed by atoms with van der Waals surface area (Å²) in [6.45, 7) is 8.05. The van der Waals surface area contributed by atoms with Gasteiger partial charge in [0.25, 0.3) is 0 Å². The predicted molar refractivity (Wildman–Crippen MR) is 77.3 cm³/mol. The van der Waals surface area contributed by atoms with E-state index in [1.54, 1.807) is 0 Å². The third-order valence-electron chi connectivity index (χ3n) is 3.65. The molecule has 0 atom stereocenters. The lowest BCUT2D eigenvalue weighted by molar-refractivity contribution is -0.153. The van der Waals surface area contributed by atoms with Crippen LogP contribution in [0.15, 0.2) is 5.11 Å². The second-order valence-corrected chi connectivity index (χ2v) is 5.03. The molecule has 0 radical (unpaired) electrons. The zero-order chi connectivity index (χ0) is 14.8. The molecule has 0 amide bonds. The van der Waals surface area contributed by atoms with Gasteiger partial charge in [0.05, 0.1) is 6.61 Å².